The molecular weight excluding hydrogens is 433 g/mol. The zero-order valence-corrected chi connectivity index (χ0v) is 17.0. The monoisotopic (exact) mass is 452 g/mol. The SMILES string of the molecule is NC1CCCc2ccc(-c3ccc(C(F)(F)F)c(S4(N)OCO4)c3-c3nn[nH]n3)cc21. The number of rotatable bonds is 3. The fraction of sp³-hybridized carbons (Fsp3) is 0.316. The summed E-state index contributed by atoms with van der Waals surface area (Å²) in [5, 5.41) is 19.8. The number of hydrogen-bond donors (Lipinski definition) is 3. The van der Waals surface area contributed by atoms with E-state index < -0.39 is 22.5 Å². The zero-order chi connectivity index (χ0) is 21.8. The van der Waals surface area contributed by atoms with Crippen molar-refractivity contribution in [2.45, 2.75) is 36.4 Å². The number of hydrogen-bond acceptors (Lipinski definition) is 7. The third-order valence-corrected chi connectivity index (χ3v) is 7.47. The van der Waals surface area contributed by atoms with Crippen LogP contribution in [0.3, 0.4) is 0 Å². The molecule has 0 amide bonds. The molecule has 164 valence electrons. The molecule has 5 N–H and O–H groups in total. The van der Waals surface area contributed by atoms with Crippen molar-refractivity contribution in [3.8, 4) is 22.5 Å². The van der Waals surface area contributed by atoms with Gasteiger partial charge in [-0.3, -0.25) is 0 Å². The van der Waals surface area contributed by atoms with Crippen LogP contribution in [0.15, 0.2) is 35.2 Å². The molecule has 0 spiro atoms. The van der Waals surface area contributed by atoms with Gasteiger partial charge in [-0.2, -0.15) is 18.4 Å². The Bertz CT molecular complexity index is 1130. The van der Waals surface area contributed by atoms with Crippen LogP contribution in [0.5, 0.6) is 0 Å². The smallest absolute Gasteiger partial charge is 0.324 e. The predicted molar refractivity (Wildman–Crippen MR) is 107 cm³/mol. The number of nitrogens with one attached hydrogen (secondary N) is 1. The summed E-state index contributed by atoms with van der Waals surface area (Å²) in [5.41, 5.74) is 8.67. The number of nitrogens with two attached hydrogens (primary N) is 2. The van der Waals surface area contributed by atoms with E-state index in [-0.39, 0.29) is 29.1 Å². The lowest BCUT2D eigenvalue weighted by Gasteiger charge is -2.47. The van der Waals surface area contributed by atoms with Crippen molar-refractivity contribution in [1.82, 2.24) is 20.6 Å². The zero-order valence-electron chi connectivity index (χ0n) is 16.1. The van der Waals surface area contributed by atoms with E-state index in [1.807, 2.05) is 18.2 Å². The summed E-state index contributed by atoms with van der Waals surface area (Å²) in [6.45, 7) is -0.188. The normalized spacial score (nSPS) is 21.3. The van der Waals surface area contributed by atoms with Crippen LogP contribution in [0.4, 0.5) is 13.2 Å². The third kappa shape index (κ3) is 3.40. The standard InChI is InChI=1S/C19H19F3N6O2S/c20-19(21,22)14-7-6-12(11-5-4-10-2-1-3-15(23)13(10)8-11)16(18-25-27-28-26-18)17(14)31(24)29-9-30-31/h4-8,15H,1-3,9,23-24H2,(H,25,26,27,28). The van der Waals surface area contributed by atoms with Gasteiger partial charge in [-0.05, 0) is 58.9 Å². The van der Waals surface area contributed by atoms with Gasteiger partial charge in [0.05, 0.1) is 16.0 Å². The van der Waals surface area contributed by atoms with Gasteiger partial charge >= 0.3 is 6.18 Å². The van der Waals surface area contributed by atoms with Gasteiger partial charge in [0.2, 0.25) is 5.82 Å². The summed E-state index contributed by atoms with van der Waals surface area (Å²) < 4.78 is 52.4. The van der Waals surface area contributed by atoms with Crippen molar-refractivity contribution in [2.75, 3.05) is 6.79 Å². The minimum absolute atomic E-state index is 0.0328. The van der Waals surface area contributed by atoms with Gasteiger partial charge in [-0.1, -0.05) is 18.2 Å². The highest BCUT2D eigenvalue weighted by Crippen LogP contribution is 2.64. The lowest BCUT2D eigenvalue weighted by Crippen LogP contribution is -2.31. The lowest BCUT2D eigenvalue weighted by molar-refractivity contribution is -0.140. The first-order chi connectivity index (χ1) is 14.8. The average molecular weight is 452 g/mol. The molecule has 0 radical (unpaired) electrons. The van der Waals surface area contributed by atoms with Crippen LogP contribution in [0.1, 0.15) is 35.6 Å². The van der Waals surface area contributed by atoms with E-state index in [0.717, 1.165) is 36.5 Å². The number of fused-ring (bicyclic) bond motifs is 1. The number of nitrogens with zero attached hydrogens (tertiary/aromatic N) is 3. The Kier molecular flexibility index (Phi) is 4.79. The molecular formula is C19H19F3N6O2S. The molecule has 1 aromatic heterocycles. The highest BCUT2D eigenvalue weighted by Gasteiger charge is 2.44. The third-order valence-electron chi connectivity index (χ3n) is 5.58. The summed E-state index contributed by atoms with van der Waals surface area (Å²) in [6.07, 6.45) is -1.92. The topological polar surface area (TPSA) is 125 Å². The Hall–Kier alpha value is -2.51. The maximum absolute atomic E-state index is 13.9. The number of aromatic nitrogens is 4. The Balaban J connectivity index is 1.80. The maximum atomic E-state index is 13.9. The highest BCUT2D eigenvalue weighted by molar-refractivity contribution is 8.24. The molecule has 2 aromatic carbocycles. The number of alkyl halides is 3. The summed E-state index contributed by atoms with van der Waals surface area (Å²) in [4.78, 5) is -0.313. The molecule has 12 heteroatoms. The Labute approximate surface area is 177 Å². The molecule has 5 rings (SSSR count). The number of aromatic amines is 1. The fourth-order valence-electron chi connectivity index (χ4n) is 4.10. The van der Waals surface area contributed by atoms with E-state index in [1.54, 1.807) is 0 Å². The molecule has 1 aliphatic carbocycles. The summed E-state index contributed by atoms with van der Waals surface area (Å²) in [6, 6.07) is 7.97. The molecule has 1 saturated heterocycles. The van der Waals surface area contributed by atoms with Gasteiger partial charge in [-0.25, -0.2) is 13.5 Å². The van der Waals surface area contributed by atoms with Crippen molar-refractivity contribution in [3.63, 3.8) is 0 Å². The van der Waals surface area contributed by atoms with Gasteiger partial charge in [-0.15, -0.1) is 21.0 Å². The Morgan fingerprint density at radius 2 is 1.97 bits per heavy atom. The van der Waals surface area contributed by atoms with Gasteiger partial charge in [0.15, 0.2) is 6.79 Å². The van der Waals surface area contributed by atoms with E-state index in [0.29, 0.717) is 11.1 Å². The van der Waals surface area contributed by atoms with E-state index in [4.69, 9.17) is 19.2 Å². The van der Waals surface area contributed by atoms with Crippen molar-refractivity contribution in [2.24, 2.45) is 10.9 Å². The van der Waals surface area contributed by atoms with E-state index in [9.17, 15) is 13.2 Å². The number of aryl methyl sites for hydroxylation is 1. The van der Waals surface area contributed by atoms with Crippen molar-refractivity contribution >= 4 is 10.8 Å². The summed E-state index contributed by atoms with van der Waals surface area (Å²) in [7, 11) is -3.11. The van der Waals surface area contributed by atoms with Crippen LogP contribution in [-0.4, -0.2) is 27.4 Å². The number of benzene rings is 2. The first-order valence-electron chi connectivity index (χ1n) is 9.54. The highest BCUT2D eigenvalue weighted by atomic mass is 32.3. The van der Waals surface area contributed by atoms with Gasteiger partial charge in [0.25, 0.3) is 0 Å². The van der Waals surface area contributed by atoms with Crippen LogP contribution >= 0.6 is 10.8 Å². The predicted octanol–water partition coefficient (Wildman–Crippen LogP) is 3.76. The first-order valence-corrected chi connectivity index (χ1v) is 11.1. The van der Waals surface area contributed by atoms with Crippen LogP contribution in [-0.2, 0) is 21.0 Å². The molecule has 1 unspecified atom stereocenters. The fourth-order valence-corrected chi connectivity index (χ4v) is 5.62. The molecule has 31 heavy (non-hydrogen) atoms. The number of H-pyrrole nitrogens is 1. The largest absolute Gasteiger partial charge is 0.418 e. The second kappa shape index (κ2) is 7.28. The summed E-state index contributed by atoms with van der Waals surface area (Å²) in [5.74, 6) is -0.0328. The van der Waals surface area contributed by atoms with E-state index in [1.165, 1.54) is 6.07 Å². The molecule has 1 aliphatic heterocycles. The van der Waals surface area contributed by atoms with Crippen molar-refractivity contribution in [1.29, 1.82) is 0 Å². The van der Waals surface area contributed by atoms with Gasteiger partial charge in [0.1, 0.15) is 0 Å². The second-order valence-electron chi connectivity index (χ2n) is 7.41. The van der Waals surface area contributed by atoms with Crippen LogP contribution in [0.25, 0.3) is 22.5 Å². The van der Waals surface area contributed by atoms with Gasteiger partial charge < -0.3 is 5.73 Å². The number of halogens is 3. The lowest BCUT2D eigenvalue weighted by atomic mass is 9.85. The molecule has 0 bridgehead atoms. The minimum atomic E-state index is -4.69. The molecule has 0 saturated carbocycles. The maximum Gasteiger partial charge on any atom is 0.418 e. The molecule has 3 aromatic rings. The molecule has 2 heterocycles. The molecule has 2 aliphatic rings. The van der Waals surface area contributed by atoms with Crippen LogP contribution < -0.4 is 10.9 Å². The quantitative estimate of drug-likeness (QED) is 0.553. The van der Waals surface area contributed by atoms with Crippen LogP contribution in [0, 0.1) is 0 Å². The van der Waals surface area contributed by atoms with Crippen molar-refractivity contribution < 1.29 is 21.5 Å². The summed E-state index contributed by atoms with van der Waals surface area (Å²) >= 11 is 0. The Morgan fingerprint density at radius 3 is 2.61 bits per heavy atom. The number of tetrazole rings is 1. The second-order valence-corrected chi connectivity index (χ2v) is 9.38. The minimum Gasteiger partial charge on any atom is -0.324 e. The Morgan fingerprint density at radius 1 is 1.16 bits per heavy atom. The molecule has 1 atom stereocenters. The molecule has 8 nitrogen and oxygen atoms in total. The van der Waals surface area contributed by atoms with Crippen molar-refractivity contribution in [3.05, 3.63) is 47.0 Å². The first kappa shape index (κ1) is 20.4. The van der Waals surface area contributed by atoms with Crippen LogP contribution in [0.2, 0.25) is 0 Å². The average Bonchev–Trinajstić information content (AvgIpc) is 3.25. The van der Waals surface area contributed by atoms with E-state index in [2.05, 4.69) is 20.6 Å². The molecule has 1 fully saturated rings. The van der Waals surface area contributed by atoms with Gasteiger partial charge in [0, 0.05) is 6.04 Å². The van der Waals surface area contributed by atoms with E-state index >= 15 is 0 Å².